The Morgan fingerprint density at radius 2 is 0.938 bits per heavy atom. The first-order chi connectivity index (χ1) is 31.2. The summed E-state index contributed by atoms with van der Waals surface area (Å²) in [6.45, 7) is 9.08. The molecule has 64 heavy (non-hydrogen) atoms. The van der Waals surface area contributed by atoms with Crippen LogP contribution in [-0.4, -0.2) is 49.6 Å². The van der Waals surface area contributed by atoms with Crippen molar-refractivity contribution in [3.8, 4) is 28.7 Å². The molecule has 4 aromatic rings. The first-order valence-corrected chi connectivity index (χ1v) is 23.7. The number of esters is 3. The fraction of sp³-hybridized carbons (Fsp3) is 0.481. The lowest BCUT2D eigenvalue weighted by molar-refractivity contribution is 0.0443. The summed E-state index contributed by atoms with van der Waals surface area (Å²) >= 11 is 0. The minimum atomic E-state index is -0.816. The predicted octanol–water partition coefficient (Wildman–Crippen LogP) is 13.8. The van der Waals surface area contributed by atoms with Crippen molar-refractivity contribution in [1.29, 1.82) is 0 Å². The van der Waals surface area contributed by atoms with Gasteiger partial charge < -0.3 is 28.4 Å². The molecule has 0 aliphatic carbocycles. The summed E-state index contributed by atoms with van der Waals surface area (Å²) in [7, 11) is 0. The summed E-state index contributed by atoms with van der Waals surface area (Å²) in [5, 5.41) is 0. The second kappa shape index (κ2) is 29.7. The van der Waals surface area contributed by atoms with Crippen LogP contribution in [0.2, 0.25) is 0 Å². The average Bonchev–Trinajstić information content (AvgIpc) is 3.31. The number of hydrogen-bond acceptors (Lipinski definition) is 10. The molecule has 0 bridgehead atoms. The molecule has 10 nitrogen and oxygen atoms in total. The Balaban J connectivity index is 1.37. The third-order valence-electron chi connectivity index (χ3n) is 10.9. The van der Waals surface area contributed by atoms with Gasteiger partial charge in [0.2, 0.25) is 0 Å². The summed E-state index contributed by atoms with van der Waals surface area (Å²) < 4.78 is 34.6. The van der Waals surface area contributed by atoms with Crippen LogP contribution in [0.1, 0.15) is 185 Å². The van der Waals surface area contributed by atoms with Crippen LogP contribution in [0.5, 0.6) is 28.7 Å². The zero-order valence-corrected chi connectivity index (χ0v) is 38.7. The van der Waals surface area contributed by atoms with Crippen LogP contribution >= 0.6 is 0 Å². The Hall–Kier alpha value is -5.64. The standard InChI is InChI=1S/C54H70O10/c1-5-8-11-14-16-19-22-50(55)42-23-29-46(30-24-42)60-38-39-61-54(58)49-40-48(63-52(56)43-25-31-45(32-26-43)59-37-20-17-15-12-9-6-2)35-36-51(49)64-53(57)44-27-33-47(34-28-44)62-41(4)21-18-13-10-7-3/h23-36,40-41H,5-22,37-39H2,1-4H3. The molecule has 0 radical (unpaired) electrons. The highest BCUT2D eigenvalue weighted by molar-refractivity contribution is 5.97. The molecule has 346 valence electrons. The van der Waals surface area contributed by atoms with Gasteiger partial charge in [-0.1, -0.05) is 104 Å². The molecule has 0 fully saturated rings. The molecule has 0 N–H and O–H groups in total. The van der Waals surface area contributed by atoms with Crippen LogP contribution in [0.15, 0.2) is 91.0 Å². The number of hydrogen-bond donors (Lipinski definition) is 0. The minimum Gasteiger partial charge on any atom is -0.494 e. The van der Waals surface area contributed by atoms with Crippen LogP contribution in [-0.2, 0) is 4.74 Å². The first-order valence-electron chi connectivity index (χ1n) is 23.7. The number of carbonyl (C=O) groups excluding carboxylic acids is 4. The van der Waals surface area contributed by atoms with Gasteiger partial charge in [0.1, 0.15) is 47.5 Å². The van der Waals surface area contributed by atoms with E-state index in [2.05, 4.69) is 20.8 Å². The van der Waals surface area contributed by atoms with Crippen LogP contribution in [0.4, 0.5) is 0 Å². The van der Waals surface area contributed by atoms with Crippen molar-refractivity contribution in [3.05, 3.63) is 113 Å². The number of rotatable bonds is 32. The van der Waals surface area contributed by atoms with Crippen molar-refractivity contribution < 1.29 is 47.6 Å². The van der Waals surface area contributed by atoms with Gasteiger partial charge in [-0.05, 0) is 124 Å². The highest BCUT2D eigenvalue weighted by Crippen LogP contribution is 2.28. The lowest BCUT2D eigenvalue weighted by Crippen LogP contribution is -2.16. The molecule has 0 heterocycles. The van der Waals surface area contributed by atoms with E-state index in [0.717, 1.165) is 44.9 Å². The van der Waals surface area contributed by atoms with Gasteiger partial charge in [-0.2, -0.15) is 0 Å². The lowest BCUT2D eigenvalue weighted by Gasteiger charge is -2.15. The van der Waals surface area contributed by atoms with E-state index in [4.69, 9.17) is 28.4 Å². The van der Waals surface area contributed by atoms with E-state index in [9.17, 15) is 19.2 Å². The van der Waals surface area contributed by atoms with Gasteiger partial charge in [0, 0.05) is 12.0 Å². The van der Waals surface area contributed by atoms with Crippen molar-refractivity contribution in [2.24, 2.45) is 0 Å². The van der Waals surface area contributed by atoms with Crippen LogP contribution < -0.4 is 23.7 Å². The van der Waals surface area contributed by atoms with Crippen molar-refractivity contribution in [2.45, 2.75) is 149 Å². The molecule has 1 atom stereocenters. The third-order valence-corrected chi connectivity index (χ3v) is 10.9. The molecular weight excluding hydrogens is 809 g/mol. The van der Waals surface area contributed by atoms with Gasteiger partial charge in [0.15, 0.2) is 5.78 Å². The Labute approximate surface area is 381 Å². The van der Waals surface area contributed by atoms with E-state index < -0.39 is 17.9 Å². The van der Waals surface area contributed by atoms with Crippen LogP contribution in [0.3, 0.4) is 0 Å². The number of benzene rings is 4. The summed E-state index contributed by atoms with van der Waals surface area (Å²) in [6, 6.07) is 24.4. The zero-order chi connectivity index (χ0) is 45.8. The molecule has 4 rings (SSSR count). The quantitative estimate of drug-likeness (QED) is 0.0203. The molecule has 10 heteroatoms. The van der Waals surface area contributed by atoms with Crippen LogP contribution in [0.25, 0.3) is 0 Å². The molecule has 4 aromatic carbocycles. The Morgan fingerprint density at radius 1 is 0.453 bits per heavy atom. The molecule has 0 saturated carbocycles. The highest BCUT2D eigenvalue weighted by Gasteiger charge is 2.21. The van der Waals surface area contributed by atoms with Gasteiger partial charge in [-0.25, -0.2) is 14.4 Å². The van der Waals surface area contributed by atoms with Crippen molar-refractivity contribution in [3.63, 3.8) is 0 Å². The van der Waals surface area contributed by atoms with Crippen LogP contribution in [0, 0.1) is 0 Å². The van der Waals surface area contributed by atoms with Crippen molar-refractivity contribution >= 4 is 23.7 Å². The minimum absolute atomic E-state index is 0.0189. The van der Waals surface area contributed by atoms with Gasteiger partial charge in [-0.15, -0.1) is 0 Å². The number of Topliss-reactive ketones (excluding diaryl/α,β-unsaturated/α-hetero) is 1. The molecule has 0 aliphatic heterocycles. The number of unbranched alkanes of at least 4 members (excludes halogenated alkanes) is 13. The van der Waals surface area contributed by atoms with E-state index in [1.807, 2.05) is 6.92 Å². The molecule has 0 aliphatic rings. The molecular formula is C54H70O10. The van der Waals surface area contributed by atoms with E-state index in [1.165, 1.54) is 82.4 Å². The number of ether oxygens (including phenoxy) is 6. The highest BCUT2D eigenvalue weighted by atomic mass is 16.6. The Bertz CT molecular complexity index is 1970. The Kier molecular flexibility index (Phi) is 23.6. The molecule has 1 unspecified atom stereocenters. The fourth-order valence-corrected chi connectivity index (χ4v) is 7.04. The monoisotopic (exact) mass is 878 g/mol. The van der Waals surface area contributed by atoms with Gasteiger partial charge in [0.25, 0.3) is 0 Å². The number of ketones is 1. The smallest absolute Gasteiger partial charge is 0.343 e. The summed E-state index contributed by atoms with van der Waals surface area (Å²) in [6.07, 6.45) is 19.8. The topological polar surface area (TPSA) is 124 Å². The molecule has 0 amide bonds. The van der Waals surface area contributed by atoms with E-state index in [0.29, 0.717) is 35.8 Å². The van der Waals surface area contributed by atoms with E-state index in [-0.39, 0.29) is 53.3 Å². The summed E-state index contributed by atoms with van der Waals surface area (Å²) in [5.74, 6) is -0.272. The first kappa shape index (κ1) is 51.0. The van der Waals surface area contributed by atoms with Crippen molar-refractivity contribution in [2.75, 3.05) is 19.8 Å². The van der Waals surface area contributed by atoms with E-state index in [1.54, 1.807) is 72.8 Å². The maximum atomic E-state index is 13.6. The largest absolute Gasteiger partial charge is 0.494 e. The number of carbonyl (C=O) groups is 4. The van der Waals surface area contributed by atoms with Crippen molar-refractivity contribution in [1.82, 2.24) is 0 Å². The third kappa shape index (κ3) is 19.0. The van der Waals surface area contributed by atoms with Gasteiger partial charge in [0.05, 0.1) is 23.8 Å². The summed E-state index contributed by atoms with van der Waals surface area (Å²) in [4.78, 5) is 52.8. The molecule has 0 aromatic heterocycles. The maximum Gasteiger partial charge on any atom is 0.343 e. The molecule has 0 spiro atoms. The Morgan fingerprint density at radius 3 is 1.55 bits per heavy atom. The van der Waals surface area contributed by atoms with Gasteiger partial charge >= 0.3 is 17.9 Å². The maximum absolute atomic E-state index is 13.6. The summed E-state index contributed by atoms with van der Waals surface area (Å²) in [5.41, 5.74) is 1.05. The fourth-order valence-electron chi connectivity index (χ4n) is 7.04. The second-order valence-corrected chi connectivity index (χ2v) is 16.3. The second-order valence-electron chi connectivity index (χ2n) is 16.3. The SMILES string of the molecule is CCCCCCCCOc1ccc(C(=O)Oc2ccc(OC(=O)c3ccc(OC(C)CCCCCC)cc3)c(C(=O)OCCOc3ccc(C(=O)CCCCCCCC)cc3)c2)cc1. The molecule has 0 saturated heterocycles. The van der Waals surface area contributed by atoms with Gasteiger partial charge in [-0.3, -0.25) is 4.79 Å². The average molecular weight is 879 g/mol. The predicted molar refractivity (Wildman–Crippen MR) is 252 cm³/mol. The normalized spacial score (nSPS) is 11.4. The van der Waals surface area contributed by atoms with E-state index >= 15 is 0 Å². The lowest BCUT2D eigenvalue weighted by atomic mass is 10.0. The zero-order valence-electron chi connectivity index (χ0n) is 38.7.